The molecule has 1 aromatic carbocycles. The monoisotopic (exact) mass is 199 g/mol. The molecular formula is C10H9N5. The minimum Gasteiger partial charge on any atom is -0.323 e. The molecule has 2 aromatic heterocycles. The van der Waals surface area contributed by atoms with Crippen molar-refractivity contribution in [2.45, 2.75) is 0 Å². The molecule has 3 rings (SSSR count). The first-order chi connectivity index (χ1) is 7.34. The number of aromatic nitrogens is 4. The van der Waals surface area contributed by atoms with Gasteiger partial charge in [0.25, 0.3) is 0 Å². The zero-order chi connectivity index (χ0) is 10.3. The molecule has 0 saturated heterocycles. The van der Waals surface area contributed by atoms with Crippen LogP contribution in [0.5, 0.6) is 0 Å². The molecule has 0 atom stereocenters. The molecule has 0 radical (unpaired) electrons. The van der Waals surface area contributed by atoms with Gasteiger partial charge >= 0.3 is 0 Å². The number of rotatable bonds is 1. The minimum atomic E-state index is 0.686. The Labute approximate surface area is 85.7 Å². The van der Waals surface area contributed by atoms with E-state index in [9.17, 15) is 0 Å². The second-order valence-electron chi connectivity index (χ2n) is 3.24. The predicted octanol–water partition coefficient (Wildman–Crippen LogP) is 0.912. The van der Waals surface area contributed by atoms with E-state index in [0.717, 1.165) is 11.2 Å². The molecule has 0 aliphatic carbocycles. The number of fused-ring (bicyclic) bond motifs is 1. The fourth-order valence-corrected chi connectivity index (χ4v) is 1.51. The summed E-state index contributed by atoms with van der Waals surface area (Å²) in [6, 6.07) is 11.6. The van der Waals surface area contributed by atoms with Gasteiger partial charge in [-0.05, 0) is 0 Å². The third-order valence-electron chi connectivity index (χ3n) is 2.24. The highest BCUT2D eigenvalue weighted by molar-refractivity contribution is 5.57. The number of nitrogens with zero attached hydrogens (tertiary/aromatic N) is 4. The van der Waals surface area contributed by atoms with Crippen LogP contribution in [0.25, 0.3) is 17.0 Å². The van der Waals surface area contributed by atoms with Crippen LogP contribution in [0.4, 0.5) is 0 Å². The summed E-state index contributed by atoms with van der Waals surface area (Å²) in [5, 5.41) is 4.29. The fourth-order valence-electron chi connectivity index (χ4n) is 1.51. The number of nitrogens with two attached hydrogens (primary N) is 1. The molecule has 74 valence electrons. The van der Waals surface area contributed by atoms with Gasteiger partial charge in [-0.1, -0.05) is 30.3 Å². The van der Waals surface area contributed by atoms with E-state index in [1.807, 2.05) is 36.4 Å². The van der Waals surface area contributed by atoms with E-state index in [4.69, 9.17) is 5.84 Å². The topological polar surface area (TPSA) is 61.1 Å². The highest BCUT2D eigenvalue weighted by atomic mass is 15.6. The van der Waals surface area contributed by atoms with Crippen molar-refractivity contribution < 1.29 is 0 Å². The van der Waals surface area contributed by atoms with Crippen LogP contribution in [0.3, 0.4) is 0 Å². The summed E-state index contributed by atoms with van der Waals surface area (Å²) in [4.78, 5) is 5.75. The Morgan fingerprint density at radius 1 is 1.07 bits per heavy atom. The second kappa shape index (κ2) is 2.84. The minimum absolute atomic E-state index is 0.686. The smallest absolute Gasteiger partial charge is 0.183 e. The summed E-state index contributed by atoms with van der Waals surface area (Å²) >= 11 is 0. The molecule has 0 unspecified atom stereocenters. The van der Waals surface area contributed by atoms with Gasteiger partial charge in [0.15, 0.2) is 11.5 Å². The van der Waals surface area contributed by atoms with Gasteiger partial charge in [0.1, 0.15) is 0 Å². The molecular weight excluding hydrogens is 190 g/mol. The van der Waals surface area contributed by atoms with Gasteiger partial charge in [0, 0.05) is 11.6 Å². The van der Waals surface area contributed by atoms with Crippen molar-refractivity contribution >= 4 is 5.65 Å². The molecule has 5 nitrogen and oxygen atoms in total. The molecule has 0 aliphatic heterocycles. The standard InChI is InChI=1S/C10H9N5/c11-14-7-6-9-12-10(13-15(9)14)8-4-2-1-3-5-8/h1-7H,11H2. The highest BCUT2D eigenvalue weighted by Crippen LogP contribution is 2.14. The Bertz CT molecular complexity index is 593. The van der Waals surface area contributed by atoms with Crippen molar-refractivity contribution in [1.82, 2.24) is 19.5 Å². The predicted molar refractivity (Wildman–Crippen MR) is 56.6 cm³/mol. The van der Waals surface area contributed by atoms with E-state index in [1.54, 1.807) is 10.8 Å². The van der Waals surface area contributed by atoms with Crippen molar-refractivity contribution in [3.8, 4) is 11.4 Å². The van der Waals surface area contributed by atoms with Crippen LogP contribution in [0.15, 0.2) is 42.6 Å². The number of hydrogen-bond acceptors (Lipinski definition) is 3. The van der Waals surface area contributed by atoms with Crippen LogP contribution in [-0.2, 0) is 0 Å². The van der Waals surface area contributed by atoms with E-state index in [0.29, 0.717) is 5.82 Å². The third kappa shape index (κ3) is 1.17. The first kappa shape index (κ1) is 8.05. The molecule has 0 bridgehead atoms. The normalized spacial score (nSPS) is 10.9. The molecule has 0 aliphatic rings. The van der Waals surface area contributed by atoms with Crippen molar-refractivity contribution in [3.05, 3.63) is 42.6 Å². The Balaban J connectivity index is 2.20. The van der Waals surface area contributed by atoms with E-state index in [-0.39, 0.29) is 0 Å². The Morgan fingerprint density at radius 3 is 2.60 bits per heavy atom. The molecule has 0 amide bonds. The lowest BCUT2D eigenvalue weighted by molar-refractivity contribution is 0.678. The first-order valence-electron chi connectivity index (χ1n) is 4.59. The quantitative estimate of drug-likeness (QED) is 0.592. The number of hydrogen-bond donors (Lipinski definition) is 1. The lowest BCUT2D eigenvalue weighted by Crippen LogP contribution is -2.14. The van der Waals surface area contributed by atoms with Gasteiger partial charge in [0.05, 0.1) is 6.20 Å². The summed E-state index contributed by atoms with van der Waals surface area (Å²) in [6.45, 7) is 0. The van der Waals surface area contributed by atoms with Gasteiger partial charge < -0.3 is 5.84 Å². The van der Waals surface area contributed by atoms with Crippen LogP contribution in [0, 0.1) is 0 Å². The molecule has 5 heteroatoms. The van der Waals surface area contributed by atoms with Crippen molar-refractivity contribution in [2.24, 2.45) is 0 Å². The number of benzene rings is 1. The van der Waals surface area contributed by atoms with Gasteiger partial charge in [-0.15, -0.1) is 9.73 Å². The maximum Gasteiger partial charge on any atom is 0.183 e. The van der Waals surface area contributed by atoms with Crippen LogP contribution in [-0.4, -0.2) is 19.5 Å². The van der Waals surface area contributed by atoms with Crippen molar-refractivity contribution in [2.75, 3.05) is 5.84 Å². The van der Waals surface area contributed by atoms with Crippen molar-refractivity contribution in [1.29, 1.82) is 0 Å². The summed E-state index contributed by atoms with van der Waals surface area (Å²) in [5.74, 6) is 6.33. The van der Waals surface area contributed by atoms with E-state index in [2.05, 4.69) is 10.1 Å². The lowest BCUT2D eigenvalue weighted by atomic mass is 10.2. The van der Waals surface area contributed by atoms with Crippen LogP contribution in [0.1, 0.15) is 0 Å². The average molecular weight is 199 g/mol. The SMILES string of the molecule is Nn1ccc2nc(-c3ccccc3)nn21. The summed E-state index contributed by atoms with van der Waals surface area (Å²) in [7, 11) is 0. The molecule has 2 heterocycles. The molecule has 0 spiro atoms. The van der Waals surface area contributed by atoms with Gasteiger partial charge in [-0.2, -0.15) is 4.79 Å². The van der Waals surface area contributed by atoms with Crippen molar-refractivity contribution in [3.63, 3.8) is 0 Å². The zero-order valence-electron chi connectivity index (χ0n) is 7.91. The lowest BCUT2D eigenvalue weighted by Gasteiger charge is -1.93. The van der Waals surface area contributed by atoms with Crippen LogP contribution >= 0.6 is 0 Å². The molecule has 0 saturated carbocycles. The van der Waals surface area contributed by atoms with Gasteiger partial charge in [-0.3, -0.25) is 0 Å². The molecule has 2 N–H and O–H groups in total. The molecule has 3 aromatic rings. The second-order valence-corrected chi connectivity index (χ2v) is 3.24. The Kier molecular flexibility index (Phi) is 1.53. The first-order valence-corrected chi connectivity index (χ1v) is 4.59. The summed E-state index contributed by atoms with van der Waals surface area (Å²) in [6.07, 6.45) is 1.71. The van der Waals surface area contributed by atoms with E-state index < -0.39 is 0 Å². The average Bonchev–Trinajstić information content (AvgIpc) is 2.83. The highest BCUT2D eigenvalue weighted by Gasteiger charge is 2.07. The third-order valence-corrected chi connectivity index (χ3v) is 2.24. The van der Waals surface area contributed by atoms with Gasteiger partial charge in [-0.25, -0.2) is 4.98 Å². The fraction of sp³-hybridized carbons (Fsp3) is 0. The summed E-state index contributed by atoms with van der Waals surface area (Å²) < 4.78 is 1.56. The Hall–Kier alpha value is -2.30. The maximum atomic E-state index is 5.64. The van der Waals surface area contributed by atoms with Gasteiger partial charge in [0.2, 0.25) is 0 Å². The Morgan fingerprint density at radius 2 is 1.87 bits per heavy atom. The maximum absolute atomic E-state index is 5.64. The number of nitrogen functional groups attached to an aromatic ring is 1. The summed E-state index contributed by atoms with van der Waals surface area (Å²) in [5.41, 5.74) is 1.73. The largest absolute Gasteiger partial charge is 0.323 e. The van der Waals surface area contributed by atoms with E-state index >= 15 is 0 Å². The molecule has 15 heavy (non-hydrogen) atoms. The van der Waals surface area contributed by atoms with E-state index in [1.165, 1.54) is 4.79 Å². The zero-order valence-corrected chi connectivity index (χ0v) is 7.91. The molecule has 0 fully saturated rings. The van der Waals surface area contributed by atoms with Crippen LogP contribution < -0.4 is 5.84 Å². The van der Waals surface area contributed by atoms with Crippen LogP contribution in [0.2, 0.25) is 0 Å².